The van der Waals surface area contributed by atoms with Crippen LogP contribution in [0, 0.1) is 28.9 Å². The van der Waals surface area contributed by atoms with Crippen molar-refractivity contribution < 1.29 is 18.3 Å². The minimum absolute atomic E-state index is 0.0848. The number of hydrogen-bond donors (Lipinski definition) is 1. The van der Waals surface area contributed by atoms with Gasteiger partial charge in [-0.3, -0.25) is 4.98 Å². The highest BCUT2D eigenvalue weighted by molar-refractivity contribution is 7.23. The summed E-state index contributed by atoms with van der Waals surface area (Å²) in [7, 11) is 4.09. The van der Waals surface area contributed by atoms with E-state index in [4.69, 9.17) is 20.2 Å². The molecular formula is C26H23F2N7O2S. The molecule has 3 aromatic heterocycles. The maximum atomic E-state index is 16.6. The molecule has 0 aliphatic carbocycles. The summed E-state index contributed by atoms with van der Waals surface area (Å²) in [6, 6.07) is 2.40. The second-order valence-corrected chi connectivity index (χ2v) is 11.2. The van der Waals surface area contributed by atoms with Gasteiger partial charge in [0.25, 0.3) is 0 Å². The Morgan fingerprint density at radius 1 is 1.16 bits per heavy atom. The van der Waals surface area contributed by atoms with Crippen LogP contribution in [0.3, 0.4) is 0 Å². The molecule has 9 nitrogen and oxygen atoms in total. The number of anilines is 2. The Balaban J connectivity index is 1.46. The topological polar surface area (TPSA) is 113 Å². The van der Waals surface area contributed by atoms with Crippen molar-refractivity contribution in [3.8, 4) is 17.3 Å². The molecule has 0 radical (unpaired) electrons. The fraction of sp³-hybridized carbons (Fsp3) is 0.385. The van der Waals surface area contributed by atoms with Crippen LogP contribution in [0.15, 0.2) is 12.4 Å². The molecule has 0 amide bonds. The number of likely N-dealkylation sites (N-methyl/N-ethyl adjacent to an activating group) is 1. The van der Waals surface area contributed by atoms with Crippen LogP contribution in [-0.4, -0.2) is 65.8 Å². The number of pyridine rings is 1. The molecule has 38 heavy (non-hydrogen) atoms. The zero-order chi connectivity index (χ0) is 26.3. The van der Waals surface area contributed by atoms with Gasteiger partial charge in [-0.15, -0.1) is 11.3 Å². The number of halogens is 2. The van der Waals surface area contributed by atoms with Crippen molar-refractivity contribution in [3.63, 3.8) is 0 Å². The highest BCUT2D eigenvalue weighted by Gasteiger charge is 2.47. The Morgan fingerprint density at radius 3 is 2.76 bits per heavy atom. The first-order valence-corrected chi connectivity index (χ1v) is 13.1. The van der Waals surface area contributed by atoms with Crippen LogP contribution in [0.25, 0.3) is 32.2 Å². The minimum Gasteiger partial charge on any atom is -0.389 e. The number of nitrogens with two attached hydrogens (primary N) is 1. The van der Waals surface area contributed by atoms with Gasteiger partial charge in [-0.2, -0.15) is 5.26 Å². The average molecular weight is 536 g/mol. The van der Waals surface area contributed by atoms with Crippen molar-refractivity contribution in [1.82, 2.24) is 19.9 Å². The molecule has 2 saturated heterocycles. The number of fused-ring (bicyclic) bond motifs is 5. The van der Waals surface area contributed by atoms with Gasteiger partial charge in [0.1, 0.15) is 16.6 Å². The van der Waals surface area contributed by atoms with Crippen molar-refractivity contribution >= 4 is 43.3 Å². The Hall–Kier alpha value is -3.50. The maximum Gasteiger partial charge on any atom is 0.226 e. The van der Waals surface area contributed by atoms with E-state index >= 15 is 4.39 Å². The summed E-state index contributed by atoms with van der Waals surface area (Å²) in [5.41, 5.74) is 7.92. The maximum absolute atomic E-state index is 16.6. The molecule has 7 rings (SSSR count). The van der Waals surface area contributed by atoms with Crippen LogP contribution in [0.4, 0.5) is 19.7 Å². The Kier molecular flexibility index (Phi) is 5.28. The number of ether oxygens (including phenoxy) is 2. The van der Waals surface area contributed by atoms with Crippen molar-refractivity contribution in [2.75, 3.05) is 44.5 Å². The third-order valence-corrected chi connectivity index (χ3v) is 9.05. The number of hydrogen-bond acceptors (Lipinski definition) is 10. The van der Waals surface area contributed by atoms with Crippen molar-refractivity contribution in [2.24, 2.45) is 5.92 Å². The molecule has 3 atom stereocenters. The van der Waals surface area contributed by atoms with E-state index in [2.05, 4.69) is 19.8 Å². The number of nitrogen functional groups attached to an aromatic ring is 1. The largest absolute Gasteiger partial charge is 0.389 e. The molecule has 0 spiro atoms. The Labute approximate surface area is 220 Å². The van der Waals surface area contributed by atoms with E-state index in [-0.39, 0.29) is 62.7 Å². The van der Waals surface area contributed by atoms with E-state index in [9.17, 15) is 9.65 Å². The van der Waals surface area contributed by atoms with E-state index in [1.165, 1.54) is 0 Å². The lowest BCUT2D eigenvalue weighted by molar-refractivity contribution is 0.135. The smallest absolute Gasteiger partial charge is 0.226 e. The lowest BCUT2D eigenvalue weighted by atomic mass is 9.94. The summed E-state index contributed by atoms with van der Waals surface area (Å²) in [5, 5.41) is 10.7. The summed E-state index contributed by atoms with van der Waals surface area (Å²) >= 11 is 0.951. The fourth-order valence-corrected chi connectivity index (χ4v) is 7.09. The Bertz CT molecular complexity index is 1680. The zero-order valence-electron chi connectivity index (χ0n) is 20.7. The quantitative estimate of drug-likeness (QED) is 0.421. The van der Waals surface area contributed by atoms with E-state index in [1.54, 1.807) is 6.20 Å². The van der Waals surface area contributed by atoms with Crippen LogP contribution in [0.1, 0.15) is 16.7 Å². The van der Waals surface area contributed by atoms with Gasteiger partial charge in [-0.05, 0) is 25.2 Å². The van der Waals surface area contributed by atoms with Gasteiger partial charge < -0.3 is 25.0 Å². The molecular weight excluding hydrogens is 512 g/mol. The molecule has 4 aromatic rings. The third kappa shape index (κ3) is 3.19. The van der Waals surface area contributed by atoms with Crippen molar-refractivity contribution in [3.05, 3.63) is 40.7 Å². The lowest BCUT2D eigenvalue weighted by Crippen LogP contribution is -2.36. The summed E-state index contributed by atoms with van der Waals surface area (Å²) in [4.78, 5) is 17.9. The number of thiophene rings is 1. The number of rotatable bonds is 3. The van der Waals surface area contributed by atoms with Gasteiger partial charge in [0.05, 0.1) is 54.6 Å². The summed E-state index contributed by atoms with van der Waals surface area (Å²) in [5.74, 6) is -0.480. The van der Waals surface area contributed by atoms with Crippen molar-refractivity contribution in [1.29, 1.82) is 5.26 Å². The zero-order valence-corrected chi connectivity index (χ0v) is 21.5. The lowest BCUT2D eigenvalue weighted by Gasteiger charge is -2.24. The van der Waals surface area contributed by atoms with E-state index in [0.717, 1.165) is 23.1 Å². The SMILES string of the molecule is CN(C)C1CN(c2ncc3c4c(c(-c5ncc(F)c6sc(N)c(C#N)c56)c(F)c3n2)COC4)C2COCC12. The first kappa shape index (κ1) is 23.6. The predicted molar refractivity (Wildman–Crippen MR) is 139 cm³/mol. The molecule has 194 valence electrons. The van der Waals surface area contributed by atoms with Crippen LogP contribution >= 0.6 is 11.3 Å². The summed E-state index contributed by atoms with van der Waals surface area (Å²) in [6.45, 7) is 2.35. The monoisotopic (exact) mass is 535 g/mol. The van der Waals surface area contributed by atoms with Gasteiger partial charge in [-0.25, -0.2) is 18.7 Å². The summed E-state index contributed by atoms with van der Waals surface area (Å²) in [6.07, 6.45) is 2.70. The number of nitrogens with zero attached hydrogens (tertiary/aromatic N) is 6. The second kappa shape index (κ2) is 8.51. The van der Waals surface area contributed by atoms with Gasteiger partial charge >= 0.3 is 0 Å². The van der Waals surface area contributed by atoms with E-state index in [1.807, 2.05) is 20.2 Å². The number of aromatic nitrogens is 3. The first-order valence-electron chi connectivity index (χ1n) is 12.2. The van der Waals surface area contributed by atoms with E-state index < -0.39 is 11.6 Å². The molecule has 12 heteroatoms. The van der Waals surface area contributed by atoms with Gasteiger partial charge in [0.15, 0.2) is 11.6 Å². The molecule has 0 saturated carbocycles. The molecule has 0 bridgehead atoms. The van der Waals surface area contributed by atoms with Gasteiger partial charge in [0.2, 0.25) is 5.95 Å². The summed E-state index contributed by atoms with van der Waals surface area (Å²) < 4.78 is 42.9. The normalized spacial score (nSPS) is 22.5. The third-order valence-electron chi connectivity index (χ3n) is 8.02. The second-order valence-electron chi connectivity index (χ2n) is 10.1. The van der Waals surface area contributed by atoms with Crippen LogP contribution in [0.5, 0.6) is 0 Å². The van der Waals surface area contributed by atoms with Crippen LogP contribution in [-0.2, 0) is 22.7 Å². The number of benzene rings is 1. The van der Waals surface area contributed by atoms with Gasteiger partial charge in [-0.1, -0.05) is 0 Å². The Morgan fingerprint density at radius 2 is 1.97 bits per heavy atom. The first-order chi connectivity index (χ1) is 18.4. The van der Waals surface area contributed by atoms with E-state index in [0.29, 0.717) is 42.6 Å². The molecule has 6 heterocycles. The molecule has 1 aromatic carbocycles. The van der Waals surface area contributed by atoms with Gasteiger partial charge in [0, 0.05) is 41.0 Å². The molecule has 2 N–H and O–H groups in total. The minimum atomic E-state index is -0.613. The van der Waals surface area contributed by atoms with Crippen molar-refractivity contribution in [2.45, 2.75) is 25.3 Å². The van der Waals surface area contributed by atoms with Crippen LogP contribution in [0.2, 0.25) is 0 Å². The highest BCUT2D eigenvalue weighted by Crippen LogP contribution is 2.45. The fourth-order valence-electron chi connectivity index (χ4n) is 6.17. The molecule has 3 unspecified atom stereocenters. The molecule has 2 fully saturated rings. The predicted octanol–water partition coefficient (Wildman–Crippen LogP) is 3.43. The number of nitriles is 1. The molecule has 3 aliphatic rings. The average Bonchev–Trinajstić information content (AvgIpc) is 3.68. The highest BCUT2D eigenvalue weighted by atomic mass is 32.1. The van der Waals surface area contributed by atoms with Crippen LogP contribution < -0.4 is 10.6 Å². The molecule has 3 aliphatic heterocycles. The standard InChI is InChI=1S/C26H23F2N7O2S/c1-34(2)17-6-35(18-10-37-9-15(17)18)26-32-4-12-13-7-36-8-14(13)19(21(28)22(12)33-26)23-20-11(3-29)25(30)38-24(20)16(27)5-31-23/h4-5,15,17-18H,6-10,30H2,1-2H3.